The van der Waals surface area contributed by atoms with Gasteiger partial charge in [-0.1, -0.05) is 13.8 Å². The molecular formula is C10H17N3. The first-order chi connectivity index (χ1) is 6.20. The quantitative estimate of drug-likeness (QED) is 0.763. The van der Waals surface area contributed by atoms with Gasteiger partial charge in [-0.05, 0) is 12.8 Å². The predicted octanol–water partition coefficient (Wildman–Crippen LogP) is 1.61. The monoisotopic (exact) mass is 179 g/mol. The molecule has 0 aliphatic carbocycles. The molecule has 13 heavy (non-hydrogen) atoms. The van der Waals surface area contributed by atoms with Crippen LogP contribution in [-0.2, 0) is 6.54 Å². The summed E-state index contributed by atoms with van der Waals surface area (Å²) in [4.78, 5) is 7.91. The van der Waals surface area contributed by atoms with Gasteiger partial charge in [0.05, 0.1) is 0 Å². The number of nitrogens with zero attached hydrogens (tertiary/aromatic N) is 2. The second-order valence-electron chi connectivity index (χ2n) is 3.66. The highest BCUT2D eigenvalue weighted by atomic mass is 14.9. The number of nitrogens with one attached hydrogen (secondary N) is 1. The third-order valence-electron chi connectivity index (χ3n) is 2.24. The molecule has 0 aliphatic rings. The van der Waals surface area contributed by atoms with Crippen LogP contribution in [0.25, 0.3) is 0 Å². The van der Waals surface area contributed by atoms with Crippen molar-refractivity contribution < 1.29 is 0 Å². The second kappa shape index (κ2) is 4.92. The first-order valence-electron chi connectivity index (χ1n) is 4.67. The minimum Gasteiger partial charge on any atom is -0.310 e. The van der Waals surface area contributed by atoms with E-state index in [2.05, 4.69) is 36.1 Å². The van der Waals surface area contributed by atoms with Crippen molar-refractivity contribution in [2.24, 2.45) is 5.92 Å². The van der Waals surface area contributed by atoms with Gasteiger partial charge in [-0.2, -0.15) is 0 Å². The normalized spacial score (nSPS) is 13.2. The molecule has 3 nitrogen and oxygen atoms in total. The molecule has 0 radical (unpaired) electrons. The minimum atomic E-state index is 0.528. The molecule has 72 valence electrons. The fourth-order valence-electron chi connectivity index (χ4n) is 0.936. The van der Waals surface area contributed by atoms with E-state index in [1.165, 1.54) is 0 Å². The molecular weight excluding hydrogens is 162 g/mol. The van der Waals surface area contributed by atoms with Gasteiger partial charge in [-0.3, -0.25) is 0 Å². The van der Waals surface area contributed by atoms with E-state index in [-0.39, 0.29) is 0 Å². The molecule has 0 saturated heterocycles. The van der Waals surface area contributed by atoms with Gasteiger partial charge >= 0.3 is 0 Å². The van der Waals surface area contributed by atoms with Crippen molar-refractivity contribution in [2.45, 2.75) is 33.4 Å². The predicted molar refractivity (Wildman–Crippen MR) is 53.2 cm³/mol. The maximum Gasteiger partial charge on any atom is 0.115 e. The van der Waals surface area contributed by atoms with Crippen LogP contribution in [0.15, 0.2) is 18.7 Å². The Kier molecular flexibility index (Phi) is 3.83. The van der Waals surface area contributed by atoms with Crippen molar-refractivity contribution in [1.29, 1.82) is 0 Å². The minimum absolute atomic E-state index is 0.528. The molecule has 1 atom stereocenters. The topological polar surface area (TPSA) is 37.8 Å². The summed E-state index contributed by atoms with van der Waals surface area (Å²) < 4.78 is 0. The Morgan fingerprint density at radius 2 is 1.85 bits per heavy atom. The van der Waals surface area contributed by atoms with Gasteiger partial charge in [-0.25, -0.2) is 9.97 Å². The zero-order chi connectivity index (χ0) is 9.68. The molecule has 0 aromatic carbocycles. The Morgan fingerprint density at radius 3 is 2.38 bits per heavy atom. The molecule has 0 spiro atoms. The standard InChI is InChI=1S/C10H17N3/c1-8(2)9(3)13-6-10-4-11-7-12-5-10/h4-5,7-9,13H,6H2,1-3H3/t9-/m0/s1. The van der Waals surface area contributed by atoms with E-state index in [1.807, 2.05) is 12.4 Å². The van der Waals surface area contributed by atoms with Crippen LogP contribution in [0.4, 0.5) is 0 Å². The summed E-state index contributed by atoms with van der Waals surface area (Å²) in [6.45, 7) is 7.45. The van der Waals surface area contributed by atoms with E-state index in [0.29, 0.717) is 12.0 Å². The molecule has 0 aliphatic heterocycles. The first-order valence-corrected chi connectivity index (χ1v) is 4.67. The van der Waals surface area contributed by atoms with Gasteiger partial charge < -0.3 is 5.32 Å². The molecule has 0 saturated carbocycles. The van der Waals surface area contributed by atoms with Crippen LogP contribution >= 0.6 is 0 Å². The zero-order valence-electron chi connectivity index (χ0n) is 8.49. The van der Waals surface area contributed by atoms with Gasteiger partial charge in [0.2, 0.25) is 0 Å². The smallest absolute Gasteiger partial charge is 0.115 e. The van der Waals surface area contributed by atoms with Crippen LogP contribution in [0.1, 0.15) is 26.3 Å². The molecule has 1 aromatic heterocycles. The van der Waals surface area contributed by atoms with Crippen LogP contribution < -0.4 is 5.32 Å². The second-order valence-corrected chi connectivity index (χ2v) is 3.66. The van der Waals surface area contributed by atoms with Crippen molar-refractivity contribution in [3.05, 3.63) is 24.3 Å². The molecule has 1 heterocycles. The number of aromatic nitrogens is 2. The number of rotatable bonds is 4. The van der Waals surface area contributed by atoms with E-state index in [0.717, 1.165) is 12.1 Å². The van der Waals surface area contributed by atoms with Crippen molar-refractivity contribution >= 4 is 0 Å². The summed E-state index contributed by atoms with van der Waals surface area (Å²) in [5.41, 5.74) is 1.13. The average molecular weight is 179 g/mol. The van der Waals surface area contributed by atoms with Gasteiger partial charge in [0, 0.05) is 30.5 Å². The Bertz CT molecular complexity index is 233. The molecule has 1 aromatic rings. The SMILES string of the molecule is CC(C)[C@H](C)NCc1cncnc1. The zero-order valence-corrected chi connectivity index (χ0v) is 8.49. The summed E-state index contributed by atoms with van der Waals surface area (Å²) >= 11 is 0. The van der Waals surface area contributed by atoms with Crippen LogP contribution in [0.2, 0.25) is 0 Å². The lowest BCUT2D eigenvalue weighted by Gasteiger charge is -2.16. The lowest BCUT2D eigenvalue weighted by atomic mass is 10.1. The first kappa shape index (κ1) is 10.1. The number of hydrogen-bond donors (Lipinski definition) is 1. The molecule has 0 amide bonds. The fourth-order valence-corrected chi connectivity index (χ4v) is 0.936. The fraction of sp³-hybridized carbons (Fsp3) is 0.600. The summed E-state index contributed by atoms with van der Waals surface area (Å²) in [5, 5.41) is 3.42. The van der Waals surface area contributed by atoms with Crippen molar-refractivity contribution in [3.63, 3.8) is 0 Å². The molecule has 0 unspecified atom stereocenters. The lowest BCUT2D eigenvalue weighted by molar-refractivity contribution is 0.425. The van der Waals surface area contributed by atoms with Gasteiger partial charge in [0.1, 0.15) is 6.33 Å². The highest BCUT2D eigenvalue weighted by molar-refractivity contribution is 5.01. The van der Waals surface area contributed by atoms with E-state index in [1.54, 1.807) is 6.33 Å². The third-order valence-corrected chi connectivity index (χ3v) is 2.24. The largest absolute Gasteiger partial charge is 0.310 e. The Labute approximate surface area is 79.6 Å². The van der Waals surface area contributed by atoms with Crippen molar-refractivity contribution in [3.8, 4) is 0 Å². The summed E-state index contributed by atoms with van der Waals surface area (Å²) in [6.07, 6.45) is 5.23. The Morgan fingerprint density at radius 1 is 1.23 bits per heavy atom. The Balaban J connectivity index is 2.35. The maximum absolute atomic E-state index is 3.96. The van der Waals surface area contributed by atoms with E-state index < -0.39 is 0 Å². The van der Waals surface area contributed by atoms with Crippen LogP contribution in [0, 0.1) is 5.92 Å². The highest BCUT2D eigenvalue weighted by Crippen LogP contribution is 2.01. The maximum atomic E-state index is 3.96. The molecule has 3 heteroatoms. The van der Waals surface area contributed by atoms with Gasteiger partial charge in [0.15, 0.2) is 0 Å². The number of hydrogen-bond acceptors (Lipinski definition) is 3. The molecule has 1 N–H and O–H groups in total. The molecule has 0 fully saturated rings. The summed E-state index contributed by atoms with van der Waals surface area (Å²) in [5.74, 6) is 0.657. The summed E-state index contributed by atoms with van der Waals surface area (Å²) in [7, 11) is 0. The van der Waals surface area contributed by atoms with Crippen molar-refractivity contribution in [1.82, 2.24) is 15.3 Å². The average Bonchev–Trinajstić information content (AvgIpc) is 2.15. The Hall–Kier alpha value is -0.960. The van der Waals surface area contributed by atoms with Gasteiger partial charge in [-0.15, -0.1) is 0 Å². The summed E-state index contributed by atoms with van der Waals surface area (Å²) in [6, 6.07) is 0.528. The van der Waals surface area contributed by atoms with Crippen LogP contribution in [0.3, 0.4) is 0 Å². The molecule has 0 bridgehead atoms. The van der Waals surface area contributed by atoms with Crippen LogP contribution in [-0.4, -0.2) is 16.0 Å². The highest BCUT2D eigenvalue weighted by Gasteiger charge is 2.05. The molecule has 1 rings (SSSR count). The van der Waals surface area contributed by atoms with Crippen molar-refractivity contribution in [2.75, 3.05) is 0 Å². The lowest BCUT2D eigenvalue weighted by Crippen LogP contribution is -2.30. The third kappa shape index (κ3) is 3.51. The van der Waals surface area contributed by atoms with E-state index in [9.17, 15) is 0 Å². The van der Waals surface area contributed by atoms with E-state index in [4.69, 9.17) is 0 Å². The van der Waals surface area contributed by atoms with E-state index >= 15 is 0 Å². The van der Waals surface area contributed by atoms with Gasteiger partial charge in [0.25, 0.3) is 0 Å². The van der Waals surface area contributed by atoms with Crippen LogP contribution in [0.5, 0.6) is 0 Å².